The van der Waals surface area contributed by atoms with Gasteiger partial charge < -0.3 is 10.2 Å². The van der Waals surface area contributed by atoms with Gasteiger partial charge >= 0.3 is 0 Å². The van der Waals surface area contributed by atoms with Gasteiger partial charge in [-0.2, -0.15) is 0 Å². The average Bonchev–Trinajstić information content (AvgIpc) is 2.26. The highest BCUT2D eigenvalue weighted by atomic mass is 15.2. The van der Waals surface area contributed by atoms with Crippen LogP contribution in [0.5, 0.6) is 0 Å². The van der Waals surface area contributed by atoms with E-state index >= 15 is 0 Å². The molecule has 2 heteroatoms. The lowest BCUT2D eigenvalue weighted by Gasteiger charge is -2.45. The Morgan fingerprint density at radius 3 is 2.21 bits per heavy atom. The first-order valence-electron chi connectivity index (χ1n) is 7.35. The van der Waals surface area contributed by atoms with Crippen molar-refractivity contribution >= 4 is 5.69 Å². The van der Waals surface area contributed by atoms with Crippen LogP contribution >= 0.6 is 0 Å². The normalized spacial score (nSPS) is 24.6. The molecule has 1 N–H and O–H groups in total. The Balaban J connectivity index is 2.26. The zero-order valence-electron chi connectivity index (χ0n) is 13.2. The number of hydrogen-bond acceptors (Lipinski definition) is 2. The molecule has 19 heavy (non-hydrogen) atoms. The van der Waals surface area contributed by atoms with E-state index in [-0.39, 0.29) is 0 Å². The van der Waals surface area contributed by atoms with Crippen LogP contribution in [0.3, 0.4) is 0 Å². The molecule has 0 spiro atoms. The molecule has 1 aliphatic heterocycles. The van der Waals surface area contributed by atoms with Gasteiger partial charge in [-0.05, 0) is 49.4 Å². The van der Waals surface area contributed by atoms with Gasteiger partial charge in [0.1, 0.15) is 0 Å². The summed E-state index contributed by atoms with van der Waals surface area (Å²) in [7, 11) is 0. The third-order valence-corrected chi connectivity index (χ3v) is 4.15. The Kier molecular flexibility index (Phi) is 3.91. The van der Waals surface area contributed by atoms with Crippen molar-refractivity contribution in [1.82, 2.24) is 5.32 Å². The number of nitrogens with one attached hydrogen (secondary N) is 1. The van der Waals surface area contributed by atoms with Crippen LogP contribution in [0, 0.1) is 19.3 Å². The molecule has 2 atom stereocenters. The minimum absolute atomic E-state index is 0.303. The zero-order valence-corrected chi connectivity index (χ0v) is 13.2. The molecule has 2 rings (SSSR count). The fourth-order valence-corrected chi connectivity index (χ4v) is 2.92. The lowest BCUT2D eigenvalue weighted by Crippen LogP contribution is -2.59. The van der Waals surface area contributed by atoms with Gasteiger partial charge in [0.25, 0.3) is 0 Å². The largest absolute Gasteiger partial charge is 0.366 e. The molecule has 1 heterocycles. The highest BCUT2D eigenvalue weighted by molar-refractivity contribution is 5.52. The first kappa shape index (κ1) is 14.4. The first-order valence-corrected chi connectivity index (χ1v) is 7.35. The Morgan fingerprint density at radius 2 is 1.68 bits per heavy atom. The fraction of sp³-hybridized carbons (Fsp3) is 0.647. The second-order valence-electron chi connectivity index (χ2n) is 7.17. The van der Waals surface area contributed by atoms with Crippen molar-refractivity contribution in [3.05, 3.63) is 29.3 Å². The van der Waals surface area contributed by atoms with E-state index in [9.17, 15) is 0 Å². The van der Waals surface area contributed by atoms with E-state index in [1.807, 2.05) is 0 Å². The molecule has 1 aliphatic rings. The molecule has 0 amide bonds. The summed E-state index contributed by atoms with van der Waals surface area (Å²) in [5, 5.41) is 3.70. The molecule has 1 aromatic rings. The van der Waals surface area contributed by atoms with Crippen LogP contribution in [0.25, 0.3) is 0 Å². The minimum atomic E-state index is 0.303. The minimum Gasteiger partial charge on any atom is -0.366 e. The van der Waals surface area contributed by atoms with E-state index < -0.39 is 0 Å². The highest BCUT2D eigenvalue weighted by Crippen LogP contribution is 2.28. The molecular formula is C17H28N2. The van der Waals surface area contributed by atoms with Gasteiger partial charge in [0.2, 0.25) is 0 Å². The lowest BCUT2D eigenvalue weighted by atomic mass is 9.84. The van der Waals surface area contributed by atoms with Gasteiger partial charge in [-0.25, -0.2) is 0 Å². The van der Waals surface area contributed by atoms with E-state index in [1.165, 1.54) is 16.8 Å². The van der Waals surface area contributed by atoms with E-state index in [2.05, 4.69) is 70.0 Å². The molecule has 0 aromatic heterocycles. The van der Waals surface area contributed by atoms with Crippen LogP contribution in [0.4, 0.5) is 5.69 Å². The fourth-order valence-electron chi connectivity index (χ4n) is 2.92. The third-order valence-electron chi connectivity index (χ3n) is 4.15. The Bertz CT molecular complexity index is 425. The van der Waals surface area contributed by atoms with Crippen molar-refractivity contribution in [2.45, 2.75) is 53.6 Å². The van der Waals surface area contributed by atoms with Crippen LogP contribution in [0.15, 0.2) is 18.2 Å². The van der Waals surface area contributed by atoms with Crippen molar-refractivity contribution in [3.8, 4) is 0 Å². The monoisotopic (exact) mass is 260 g/mol. The summed E-state index contributed by atoms with van der Waals surface area (Å²) in [6.07, 6.45) is 0. The molecule has 0 bridgehead atoms. The average molecular weight is 260 g/mol. The molecule has 2 unspecified atom stereocenters. The highest BCUT2D eigenvalue weighted by Gasteiger charge is 2.32. The molecular weight excluding hydrogens is 232 g/mol. The second kappa shape index (κ2) is 5.16. The zero-order chi connectivity index (χ0) is 14.2. The second-order valence-corrected chi connectivity index (χ2v) is 7.17. The van der Waals surface area contributed by atoms with E-state index in [0.29, 0.717) is 17.5 Å². The van der Waals surface area contributed by atoms with E-state index in [4.69, 9.17) is 0 Å². The van der Waals surface area contributed by atoms with Gasteiger partial charge in [-0.3, -0.25) is 0 Å². The van der Waals surface area contributed by atoms with Crippen LogP contribution in [0.2, 0.25) is 0 Å². The predicted molar refractivity (Wildman–Crippen MR) is 84.0 cm³/mol. The summed E-state index contributed by atoms with van der Waals surface area (Å²) in [5.74, 6) is 0. The number of hydrogen-bond donors (Lipinski definition) is 1. The van der Waals surface area contributed by atoms with Crippen LogP contribution in [-0.4, -0.2) is 25.2 Å². The Hall–Kier alpha value is -1.02. The summed E-state index contributed by atoms with van der Waals surface area (Å²) >= 11 is 0. The van der Waals surface area contributed by atoms with Crippen molar-refractivity contribution in [2.24, 2.45) is 5.41 Å². The van der Waals surface area contributed by atoms with Crippen LogP contribution in [-0.2, 0) is 0 Å². The molecule has 0 aliphatic carbocycles. The summed E-state index contributed by atoms with van der Waals surface area (Å²) in [6, 6.07) is 7.98. The molecule has 1 aromatic carbocycles. The standard InChI is InChI=1S/C17H28N2/c1-12-7-13(2)9-15(8-12)19-11-16(17(4,5)6)18-10-14(19)3/h7-9,14,16,18H,10-11H2,1-6H3. The topological polar surface area (TPSA) is 15.3 Å². The van der Waals surface area contributed by atoms with Crippen molar-refractivity contribution in [3.63, 3.8) is 0 Å². The maximum atomic E-state index is 3.70. The lowest BCUT2D eigenvalue weighted by molar-refractivity contribution is 0.239. The van der Waals surface area contributed by atoms with E-state index in [1.54, 1.807) is 0 Å². The Morgan fingerprint density at radius 1 is 1.11 bits per heavy atom. The molecule has 2 nitrogen and oxygen atoms in total. The Labute approximate surface area is 118 Å². The van der Waals surface area contributed by atoms with Gasteiger partial charge in [-0.15, -0.1) is 0 Å². The number of piperazine rings is 1. The van der Waals surface area contributed by atoms with Crippen LogP contribution < -0.4 is 10.2 Å². The number of benzene rings is 1. The first-order chi connectivity index (χ1) is 8.77. The van der Waals surface area contributed by atoms with Crippen molar-refractivity contribution < 1.29 is 0 Å². The molecule has 106 valence electrons. The summed E-state index contributed by atoms with van der Waals surface area (Å²) < 4.78 is 0. The molecule has 0 saturated carbocycles. The maximum Gasteiger partial charge on any atom is 0.0387 e. The van der Waals surface area contributed by atoms with Gasteiger partial charge in [-0.1, -0.05) is 26.8 Å². The van der Waals surface area contributed by atoms with Crippen LogP contribution in [0.1, 0.15) is 38.8 Å². The molecule has 1 fully saturated rings. The summed E-state index contributed by atoms with van der Waals surface area (Å²) in [5.41, 5.74) is 4.39. The number of rotatable bonds is 1. The quantitative estimate of drug-likeness (QED) is 0.831. The van der Waals surface area contributed by atoms with Gasteiger partial charge in [0, 0.05) is 30.9 Å². The van der Waals surface area contributed by atoms with Gasteiger partial charge in [0.05, 0.1) is 0 Å². The number of anilines is 1. The predicted octanol–water partition coefficient (Wildman–Crippen LogP) is 3.52. The third kappa shape index (κ3) is 3.30. The van der Waals surface area contributed by atoms with Gasteiger partial charge in [0.15, 0.2) is 0 Å². The maximum absolute atomic E-state index is 3.70. The SMILES string of the molecule is Cc1cc(C)cc(N2CC(C(C)(C)C)NCC2C)c1. The number of aryl methyl sites for hydroxylation is 2. The van der Waals surface area contributed by atoms with Crippen molar-refractivity contribution in [1.29, 1.82) is 0 Å². The van der Waals surface area contributed by atoms with Crippen molar-refractivity contribution in [2.75, 3.05) is 18.0 Å². The molecule has 0 radical (unpaired) electrons. The summed E-state index contributed by atoms with van der Waals surface area (Å²) in [4.78, 5) is 2.56. The van der Waals surface area contributed by atoms with E-state index in [0.717, 1.165) is 13.1 Å². The number of nitrogens with zero attached hydrogens (tertiary/aromatic N) is 1. The summed E-state index contributed by atoms with van der Waals surface area (Å²) in [6.45, 7) is 15.8. The molecule has 1 saturated heterocycles. The smallest absolute Gasteiger partial charge is 0.0387 e.